The molecule has 0 bridgehead atoms. The summed E-state index contributed by atoms with van der Waals surface area (Å²) < 4.78 is 10.8. The number of benzene rings is 1. The number of fused-ring (bicyclic) bond motifs is 1. The van der Waals surface area contributed by atoms with E-state index in [1.807, 2.05) is 6.07 Å². The number of aromatic nitrogens is 1. The molecule has 3 heterocycles. The number of pyridine rings is 1. The standard InChI is InChI=1S/C20H19N3O5/c1-27-15-6-2-3-7-16(15)28-12-17(24)22-10-8-13(11-22)23-19(25)14-5-4-9-21-18(14)20(23)26/h2-7,9,13H,8,10-12H2,1H3. The lowest BCUT2D eigenvalue weighted by atomic mass is 10.2. The number of nitrogens with zero attached hydrogens (tertiary/aromatic N) is 3. The Labute approximate surface area is 161 Å². The van der Waals surface area contributed by atoms with Crippen molar-refractivity contribution in [3.63, 3.8) is 0 Å². The molecule has 0 N–H and O–H groups in total. The Morgan fingerprint density at radius 2 is 1.93 bits per heavy atom. The van der Waals surface area contributed by atoms with Crippen LogP contribution >= 0.6 is 0 Å². The van der Waals surface area contributed by atoms with E-state index in [2.05, 4.69) is 4.98 Å². The van der Waals surface area contributed by atoms with Gasteiger partial charge in [-0.1, -0.05) is 12.1 Å². The fourth-order valence-corrected chi connectivity index (χ4v) is 3.56. The maximum atomic E-state index is 12.6. The zero-order chi connectivity index (χ0) is 19.7. The number of carbonyl (C=O) groups is 3. The van der Waals surface area contributed by atoms with E-state index in [1.54, 1.807) is 35.2 Å². The van der Waals surface area contributed by atoms with E-state index in [4.69, 9.17) is 9.47 Å². The van der Waals surface area contributed by atoms with Crippen molar-refractivity contribution in [3.8, 4) is 11.5 Å². The second-order valence-electron chi connectivity index (χ2n) is 6.60. The van der Waals surface area contributed by atoms with Gasteiger partial charge in [-0.25, -0.2) is 0 Å². The number of imide groups is 1. The summed E-state index contributed by atoms with van der Waals surface area (Å²) >= 11 is 0. The van der Waals surface area contributed by atoms with Crippen LogP contribution in [0.5, 0.6) is 11.5 Å². The van der Waals surface area contributed by atoms with Gasteiger partial charge in [0.05, 0.1) is 18.7 Å². The Morgan fingerprint density at radius 1 is 1.14 bits per heavy atom. The van der Waals surface area contributed by atoms with Crippen molar-refractivity contribution < 1.29 is 23.9 Å². The number of ether oxygens (including phenoxy) is 2. The van der Waals surface area contributed by atoms with Crippen LogP contribution in [0, 0.1) is 0 Å². The van der Waals surface area contributed by atoms with E-state index in [-0.39, 0.29) is 30.2 Å². The van der Waals surface area contributed by atoms with Crippen LogP contribution in [0.25, 0.3) is 0 Å². The molecule has 0 radical (unpaired) electrons. The maximum absolute atomic E-state index is 12.6. The molecule has 4 rings (SSSR count). The quantitative estimate of drug-likeness (QED) is 0.727. The van der Waals surface area contributed by atoms with Crippen molar-refractivity contribution in [2.24, 2.45) is 0 Å². The van der Waals surface area contributed by atoms with Crippen molar-refractivity contribution in [2.75, 3.05) is 26.8 Å². The van der Waals surface area contributed by atoms with E-state index in [0.717, 1.165) is 0 Å². The van der Waals surface area contributed by atoms with Crippen LogP contribution in [0.2, 0.25) is 0 Å². The highest BCUT2D eigenvalue weighted by Crippen LogP contribution is 2.28. The third-order valence-corrected chi connectivity index (χ3v) is 4.98. The normalized spacial score (nSPS) is 18.4. The number of amides is 3. The molecule has 1 atom stereocenters. The van der Waals surface area contributed by atoms with Gasteiger partial charge in [0.15, 0.2) is 18.1 Å². The molecule has 144 valence electrons. The van der Waals surface area contributed by atoms with Gasteiger partial charge in [0.25, 0.3) is 17.7 Å². The lowest BCUT2D eigenvalue weighted by molar-refractivity contribution is -0.132. The molecule has 1 unspecified atom stereocenters. The van der Waals surface area contributed by atoms with Gasteiger partial charge in [-0.2, -0.15) is 0 Å². The molecule has 2 aromatic rings. The van der Waals surface area contributed by atoms with Crippen molar-refractivity contribution in [1.29, 1.82) is 0 Å². The van der Waals surface area contributed by atoms with Crippen LogP contribution in [-0.2, 0) is 4.79 Å². The summed E-state index contributed by atoms with van der Waals surface area (Å²) in [6, 6.07) is 9.96. The molecule has 1 aromatic carbocycles. The Hall–Kier alpha value is -3.42. The molecule has 8 nitrogen and oxygen atoms in total. The smallest absolute Gasteiger partial charge is 0.280 e. The zero-order valence-electron chi connectivity index (χ0n) is 15.3. The molecular formula is C20H19N3O5. The summed E-state index contributed by atoms with van der Waals surface area (Å²) in [5, 5.41) is 0. The van der Waals surface area contributed by atoms with E-state index in [0.29, 0.717) is 36.6 Å². The molecule has 2 aliphatic heterocycles. The molecule has 1 saturated heterocycles. The molecule has 3 amide bonds. The Morgan fingerprint density at radius 3 is 2.68 bits per heavy atom. The predicted molar refractivity (Wildman–Crippen MR) is 98.2 cm³/mol. The lowest BCUT2D eigenvalue weighted by Gasteiger charge is -2.22. The van der Waals surface area contributed by atoms with Crippen LogP contribution in [-0.4, -0.2) is 65.4 Å². The van der Waals surface area contributed by atoms with Gasteiger partial charge in [0, 0.05) is 19.3 Å². The molecule has 0 saturated carbocycles. The highest BCUT2D eigenvalue weighted by Gasteiger charge is 2.43. The second-order valence-corrected chi connectivity index (χ2v) is 6.60. The summed E-state index contributed by atoms with van der Waals surface area (Å²) in [6.07, 6.45) is 2.03. The molecule has 2 aliphatic rings. The van der Waals surface area contributed by atoms with Gasteiger partial charge in [-0.3, -0.25) is 24.3 Å². The van der Waals surface area contributed by atoms with Crippen molar-refractivity contribution in [2.45, 2.75) is 12.5 Å². The fraction of sp³-hybridized carbons (Fsp3) is 0.300. The number of hydrogen-bond donors (Lipinski definition) is 0. The zero-order valence-corrected chi connectivity index (χ0v) is 15.3. The van der Waals surface area contributed by atoms with Gasteiger partial charge in [-0.05, 0) is 30.7 Å². The average molecular weight is 381 g/mol. The molecule has 1 fully saturated rings. The number of carbonyl (C=O) groups excluding carboxylic acids is 3. The van der Waals surface area contributed by atoms with Gasteiger partial charge in [0.2, 0.25) is 0 Å². The minimum absolute atomic E-state index is 0.142. The molecule has 1 aromatic heterocycles. The number of likely N-dealkylation sites (tertiary alicyclic amines) is 1. The summed E-state index contributed by atoms with van der Waals surface area (Å²) in [7, 11) is 1.53. The largest absolute Gasteiger partial charge is 0.493 e. The first-order valence-corrected chi connectivity index (χ1v) is 8.96. The van der Waals surface area contributed by atoms with Crippen LogP contribution in [0.15, 0.2) is 42.6 Å². The minimum Gasteiger partial charge on any atom is -0.493 e. The highest BCUT2D eigenvalue weighted by molar-refractivity contribution is 6.20. The van der Waals surface area contributed by atoms with E-state index in [9.17, 15) is 14.4 Å². The molecule has 28 heavy (non-hydrogen) atoms. The van der Waals surface area contributed by atoms with Crippen molar-refractivity contribution in [3.05, 3.63) is 53.9 Å². The van der Waals surface area contributed by atoms with E-state index >= 15 is 0 Å². The van der Waals surface area contributed by atoms with Crippen LogP contribution < -0.4 is 9.47 Å². The minimum atomic E-state index is -0.398. The summed E-state index contributed by atoms with van der Waals surface area (Å²) in [5.41, 5.74) is 0.494. The lowest BCUT2D eigenvalue weighted by Crippen LogP contribution is -2.43. The maximum Gasteiger partial charge on any atom is 0.280 e. The summed E-state index contributed by atoms with van der Waals surface area (Å²) in [4.78, 5) is 44.5. The topological polar surface area (TPSA) is 89.0 Å². The van der Waals surface area contributed by atoms with Gasteiger partial charge in [-0.15, -0.1) is 0 Å². The van der Waals surface area contributed by atoms with Gasteiger partial charge >= 0.3 is 0 Å². The van der Waals surface area contributed by atoms with Gasteiger partial charge < -0.3 is 14.4 Å². The Bertz CT molecular complexity index is 910. The third kappa shape index (κ3) is 3.06. The Balaban J connectivity index is 1.39. The van der Waals surface area contributed by atoms with E-state index < -0.39 is 5.91 Å². The molecule has 0 spiro atoms. The SMILES string of the molecule is COc1ccccc1OCC(=O)N1CCC(N2C(=O)c3cccnc3C2=O)C1. The second kappa shape index (κ2) is 7.30. The van der Waals surface area contributed by atoms with Crippen LogP contribution in [0.3, 0.4) is 0 Å². The van der Waals surface area contributed by atoms with Crippen LogP contribution in [0.1, 0.15) is 27.3 Å². The third-order valence-electron chi connectivity index (χ3n) is 4.98. The highest BCUT2D eigenvalue weighted by atomic mass is 16.5. The van der Waals surface area contributed by atoms with Crippen molar-refractivity contribution >= 4 is 17.7 Å². The van der Waals surface area contributed by atoms with E-state index in [1.165, 1.54) is 18.2 Å². The first kappa shape index (κ1) is 18.0. The summed E-state index contributed by atoms with van der Waals surface area (Å²) in [5.74, 6) is 0.0830. The number of rotatable bonds is 5. The van der Waals surface area contributed by atoms with Crippen molar-refractivity contribution in [1.82, 2.24) is 14.8 Å². The van der Waals surface area contributed by atoms with Crippen LogP contribution in [0.4, 0.5) is 0 Å². The predicted octanol–water partition coefficient (Wildman–Crippen LogP) is 1.37. The fourth-order valence-electron chi connectivity index (χ4n) is 3.56. The average Bonchev–Trinajstić information content (AvgIpc) is 3.30. The molecule has 0 aliphatic carbocycles. The number of hydrogen-bond acceptors (Lipinski definition) is 6. The molecule has 8 heteroatoms. The monoisotopic (exact) mass is 381 g/mol. The Kier molecular flexibility index (Phi) is 4.68. The number of para-hydroxylation sites is 2. The summed E-state index contributed by atoms with van der Waals surface area (Å²) in [6.45, 7) is 0.607. The first-order chi connectivity index (χ1) is 13.6. The molecular weight excluding hydrogens is 362 g/mol. The number of methoxy groups -OCH3 is 1. The first-order valence-electron chi connectivity index (χ1n) is 8.96. The van der Waals surface area contributed by atoms with Gasteiger partial charge in [0.1, 0.15) is 5.69 Å².